The van der Waals surface area contributed by atoms with Crippen LogP contribution >= 0.6 is 0 Å². The highest BCUT2D eigenvalue weighted by Gasteiger charge is 2.06. The van der Waals surface area contributed by atoms with Crippen LogP contribution in [0, 0.1) is 0 Å². The molecule has 0 spiro atoms. The Balaban J connectivity index is 3.21. The third kappa shape index (κ3) is 2.25. The lowest BCUT2D eigenvalue weighted by Gasteiger charge is -2.11. The maximum atomic E-state index is 5.25. The largest absolute Gasteiger partial charge is 0.501 e. The quantitative estimate of drug-likeness (QED) is 0.519. The topological polar surface area (TPSA) is 9.23 Å². The molecule has 0 aliphatic heterocycles. The zero-order valence-corrected chi connectivity index (χ0v) is 9.00. The van der Waals surface area contributed by atoms with Crippen molar-refractivity contribution in [3.05, 3.63) is 53.8 Å². The van der Waals surface area contributed by atoms with Crippen LogP contribution in [-0.4, -0.2) is 7.11 Å². The van der Waals surface area contributed by atoms with Gasteiger partial charge < -0.3 is 4.74 Å². The average Bonchev–Trinajstić information content (AvgIpc) is 2.19. The highest BCUT2D eigenvalue weighted by molar-refractivity contribution is 5.79. The molecular weight excluding hydrogens is 172 g/mol. The van der Waals surface area contributed by atoms with Crippen molar-refractivity contribution in [2.75, 3.05) is 7.11 Å². The molecule has 1 nitrogen and oxygen atoms in total. The van der Waals surface area contributed by atoms with E-state index in [1.807, 2.05) is 32.0 Å². The Kier molecular flexibility index (Phi) is 3.52. The Morgan fingerprint density at radius 2 is 1.71 bits per heavy atom. The average molecular weight is 188 g/mol. The fourth-order valence-electron chi connectivity index (χ4n) is 1.46. The molecule has 0 aliphatic rings. The number of ether oxygens (including phenoxy) is 1. The normalized spacial score (nSPS) is 11.9. The van der Waals surface area contributed by atoms with Gasteiger partial charge in [-0.25, -0.2) is 0 Å². The van der Waals surface area contributed by atoms with Crippen LogP contribution in [0.15, 0.2) is 48.2 Å². The van der Waals surface area contributed by atoms with Crippen molar-refractivity contribution in [1.82, 2.24) is 0 Å². The molecule has 0 saturated carbocycles. The predicted molar refractivity (Wildman–Crippen MR) is 60.9 cm³/mol. The number of hydrogen-bond acceptors (Lipinski definition) is 1. The molecular formula is C13H16O. The van der Waals surface area contributed by atoms with E-state index in [9.17, 15) is 0 Å². The van der Waals surface area contributed by atoms with Gasteiger partial charge in [-0.3, -0.25) is 0 Å². The first-order valence-electron chi connectivity index (χ1n) is 4.63. The van der Waals surface area contributed by atoms with Gasteiger partial charge >= 0.3 is 0 Å². The lowest BCUT2D eigenvalue weighted by atomic mass is 9.99. The molecule has 0 amide bonds. The Hall–Kier alpha value is -1.50. The van der Waals surface area contributed by atoms with E-state index >= 15 is 0 Å². The van der Waals surface area contributed by atoms with Crippen LogP contribution in [0.5, 0.6) is 0 Å². The first kappa shape index (κ1) is 10.6. The Labute approximate surface area is 85.7 Å². The first-order valence-corrected chi connectivity index (χ1v) is 4.63. The van der Waals surface area contributed by atoms with E-state index in [-0.39, 0.29) is 0 Å². The monoisotopic (exact) mass is 188 g/mol. The van der Waals surface area contributed by atoms with E-state index < -0.39 is 0 Å². The van der Waals surface area contributed by atoms with E-state index in [1.54, 1.807) is 7.11 Å². The highest BCUT2D eigenvalue weighted by Crippen LogP contribution is 2.25. The Bertz CT molecular complexity index is 347. The van der Waals surface area contributed by atoms with Gasteiger partial charge in [-0.1, -0.05) is 36.9 Å². The molecule has 1 heteroatoms. The van der Waals surface area contributed by atoms with Crippen molar-refractivity contribution in [3.63, 3.8) is 0 Å². The van der Waals surface area contributed by atoms with Crippen molar-refractivity contribution < 1.29 is 4.74 Å². The van der Waals surface area contributed by atoms with E-state index in [0.717, 1.165) is 22.5 Å². The molecule has 0 atom stereocenters. The van der Waals surface area contributed by atoms with Crippen molar-refractivity contribution in [2.24, 2.45) is 0 Å². The third-order valence-electron chi connectivity index (χ3n) is 2.15. The van der Waals surface area contributed by atoms with E-state index in [1.165, 1.54) is 0 Å². The van der Waals surface area contributed by atoms with Crippen LogP contribution in [0.3, 0.4) is 0 Å². The van der Waals surface area contributed by atoms with Crippen LogP contribution in [-0.2, 0) is 4.74 Å². The molecule has 0 bridgehead atoms. The first-order chi connectivity index (χ1) is 6.66. The van der Waals surface area contributed by atoms with Crippen LogP contribution in [0.4, 0.5) is 0 Å². The summed E-state index contributed by atoms with van der Waals surface area (Å²) < 4.78 is 5.25. The second-order valence-corrected chi connectivity index (χ2v) is 3.28. The summed E-state index contributed by atoms with van der Waals surface area (Å²) in [6, 6.07) is 10.2. The maximum Gasteiger partial charge on any atom is 0.100 e. The van der Waals surface area contributed by atoms with Gasteiger partial charge in [0.2, 0.25) is 0 Å². The fraction of sp³-hybridized carbons (Fsp3) is 0.231. The van der Waals surface area contributed by atoms with Gasteiger partial charge in [0.15, 0.2) is 0 Å². The summed E-state index contributed by atoms with van der Waals surface area (Å²) in [6.45, 7) is 7.91. The lowest BCUT2D eigenvalue weighted by Crippen LogP contribution is -1.92. The summed E-state index contributed by atoms with van der Waals surface area (Å²) in [4.78, 5) is 0. The minimum Gasteiger partial charge on any atom is -0.501 e. The minimum absolute atomic E-state index is 0.906. The predicted octanol–water partition coefficient (Wildman–Crippen LogP) is 3.64. The number of benzene rings is 1. The SMILES string of the molecule is C=C(C)/C(=C(\C)OC)c1ccccc1. The molecule has 0 aromatic heterocycles. The van der Waals surface area contributed by atoms with E-state index in [0.29, 0.717) is 0 Å². The van der Waals surface area contributed by atoms with Gasteiger partial charge in [0.25, 0.3) is 0 Å². The molecule has 14 heavy (non-hydrogen) atoms. The van der Waals surface area contributed by atoms with Gasteiger partial charge in [0.05, 0.1) is 7.11 Å². The van der Waals surface area contributed by atoms with Crippen LogP contribution in [0.2, 0.25) is 0 Å². The Morgan fingerprint density at radius 3 is 2.14 bits per heavy atom. The van der Waals surface area contributed by atoms with Crippen molar-refractivity contribution in [1.29, 1.82) is 0 Å². The summed E-state index contributed by atoms with van der Waals surface area (Å²) in [5.74, 6) is 0.906. The second kappa shape index (κ2) is 4.66. The molecule has 74 valence electrons. The summed E-state index contributed by atoms with van der Waals surface area (Å²) >= 11 is 0. The maximum absolute atomic E-state index is 5.25. The standard InChI is InChI=1S/C13H16O/c1-10(2)13(11(3)14-4)12-8-6-5-7-9-12/h5-9H,1H2,2-4H3/b13-11-. The number of allylic oxidation sites excluding steroid dienone is 3. The molecule has 0 radical (unpaired) electrons. The van der Waals surface area contributed by atoms with Gasteiger partial charge in [0, 0.05) is 5.57 Å². The summed E-state index contributed by atoms with van der Waals surface area (Å²) in [5, 5.41) is 0. The van der Waals surface area contributed by atoms with E-state index in [4.69, 9.17) is 4.74 Å². The smallest absolute Gasteiger partial charge is 0.100 e. The van der Waals surface area contributed by atoms with Crippen LogP contribution in [0.25, 0.3) is 5.57 Å². The number of rotatable bonds is 3. The third-order valence-corrected chi connectivity index (χ3v) is 2.15. The molecule has 1 aromatic rings. The summed E-state index contributed by atoms with van der Waals surface area (Å²) in [6.07, 6.45) is 0. The molecule has 0 saturated heterocycles. The zero-order chi connectivity index (χ0) is 10.6. The molecule has 0 fully saturated rings. The molecule has 0 aliphatic carbocycles. The molecule has 1 rings (SSSR count). The van der Waals surface area contributed by atoms with Gasteiger partial charge in [-0.2, -0.15) is 0 Å². The van der Waals surface area contributed by atoms with Crippen molar-refractivity contribution in [3.8, 4) is 0 Å². The Morgan fingerprint density at radius 1 is 1.14 bits per heavy atom. The number of methoxy groups -OCH3 is 1. The van der Waals surface area contributed by atoms with Gasteiger partial charge in [-0.15, -0.1) is 0 Å². The summed E-state index contributed by atoms with van der Waals surface area (Å²) in [5.41, 5.74) is 3.27. The molecule has 0 unspecified atom stereocenters. The second-order valence-electron chi connectivity index (χ2n) is 3.28. The van der Waals surface area contributed by atoms with E-state index in [2.05, 4.69) is 18.7 Å². The van der Waals surface area contributed by atoms with Gasteiger partial charge in [0.1, 0.15) is 5.76 Å². The minimum atomic E-state index is 0.906. The fourth-order valence-corrected chi connectivity index (χ4v) is 1.46. The van der Waals surface area contributed by atoms with Crippen LogP contribution in [0.1, 0.15) is 19.4 Å². The zero-order valence-electron chi connectivity index (χ0n) is 9.00. The molecule has 0 N–H and O–H groups in total. The van der Waals surface area contributed by atoms with Crippen molar-refractivity contribution in [2.45, 2.75) is 13.8 Å². The summed E-state index contributed by atoms with van der Waals surface area (Å²) in [7, 11) is 1.68. The molecule has 0 heterocycles. The molecule has 1 aromatic carbocycles. The van der Waals surface area contributed by atoms with Crippen LogP contribution < -0.4 is 0 Å². The van der Waals surface area contributed by atoms with Crippen molar-refractivity contribution >= 4 is 5.57 Å². The van der Waals surface area contributed by atoms with Gasteiger partial charge in [-0.05, 0) is 25.0 Å². The lowest BCUT2D eigenvalue weighted by molar-refractivity contribution is 0.296. The number of hydrogen-bond donors (Lipinski definition) is 0. The highest BCUT2D eigenvalue weighted by atomic mass is 16.5.